The fraction of sp³-hybridized carbons (Fsp3) is 0.118. The molecule has 0 spiro atoms. The molecule has 0 saturated carbocycles. The molecule has 0 aliphatic carbocycles. The average Bonchev–Trinajstić information content (AvgIpc) is 2.61. The monoisotopic (exact) mass is 394 g/mol. The second-order valence-electron chi connectivity index (χ2n) is 5.65. The molecule has 0 atom stereocenters. The van der Waals surface area contributed by atoms with E-state index < -0.39 is 11.7 Å². The third-order valence-corrected chi connectivity index (χ3v) is 3.89. The molecule has 2 aromatic heterocycles. The van der Waals surface area contributed by atoms with E-state index in [0.717, 1.165) is 17.3 Å². The van der Waals surface area contributed by atoms with Crippen LogP contribution in [-0.2, 0) is 6.18 Å². The molecule has 0 radical (unpaired) electrons. The van der Waals surface area contributed by atoms with Gasteiger partial charge in [0, 0.05) is 11.9 Å². The molecule has 3 rings (SSSR count). The van der Waals surface area contributed by atoms with Crippen molar-refractivity contribution in [2.45, 2.75) is 13.1 Å². The van der Waals surface area contributed by atoms with Crippen LogP contribution in [0.1, 0.15) is 11.1 Å². The highest BCUT2D eigenvalue weighted by molar-refractivity contribution is 6.33. The number of alkyl halides is 3. The SMILES string of the molecule is Cc1ccc(Nc2ncnc(Nc3ncc(C(F)(F)F)cc3Cl)c2N)cc1. The Morgan fingerprint density at radius 1 is 0.963 bits per heavy atom. The van der Waals surface area contributed by atoms with Crippen LogP contribution in [0.2, 0.25) is 5.02 Å². The maximum absolute atomic E-state index is 12.7. The van der Waals surface area contributed by atoms with Crippen molar-refractivity contribution in [3.05, 3.63) is 59.0 Å². The van der Waals surface area contributed by atoms with Crippen LogP contribution in [0.25, 0.3) is 0 Å². The summed E-state index contributed by atoms with van der Waals surface area (Å²) >= 11 is 5.90. The summed E-state index contributed by atoms with van der Waals surface area (Å²) in [6.45, 7) is 1.96. The Labute approximate surface area is 157 Å². The van der Waals surface area contributed by atoms with E-state index in [2.05, 4.69) is 25.6 Å². The van der Waals surface area contributed by atoms with Gasteiger partial charge in [-0.05, 0) is 25.1 Å². The van der Waals surface area contributed by atoms with E-state index in [4.69, 9.17) is 17.3 Å². The van der Waals surface area contributed by atoms with Gasteiger partial charge < -0.3 is 16.4 Å². The van der Waals surface area contributed by atoms with Crippen LogP contribution in [0.5, 0.6) is 0 Å². The topological polar surface area (TPSA) is 88.8 Å². The number of nitrogens with zero attached hydrogens (tertiary/aromatic N) is 3. The number of nitrogen functional groups attached to an aromatic ring is 1. The zero-order chi connectivity index (χ0) is 19.6. The molecule has 4 N–H and O–H groups in total. The molecule has 0 unspecified atom stereocenters. The number of aryl methyl sites for hydroxylation is 1. The van der Waals surface area contributed by atoms with Gasteiger partial charge in [0.2, 0.25) is 0 Å². The first-order valence-electron chi connectivity index (χ1n) is 7.68. The molecule has 1 aromatic carbocycles. The maximum atomic E-state index is 12.7. The number of benzene rings is 1. The van der Waals surface area contributed by atoms with Crippen molar-refractivity contribution >= 4 is 40.4 Å². The van der Waals surface area contributed by atoms with Gasteiger partial charge in [0.05, 0.1) is 10.6 Å². The van der Waals surface area contributed by atoms with Gasteiger partial charge in [0.15, 0.2) is 11.6 Å². The van der Waals surface area contributed by atoms with Crippen LogP contribution >= 0.6 is 11.6 Å². The number of pyridine rings is 1. The summed E-state index contributed by atoms with van der Waals surface area (Å²) in [5.41, 5.74) is 7.14. The number of hydrogen-bond donors (Lipinski definition) is 3. The van der Waals surface area contributed by atoms with E-state index in [1.54, 1.807) is 0 Å². The number of anilines is 5. The standard InChI is InChI=1S/C17H14ClF3N6/c1-9-2-4-11(5-3-9)26-15-13(22)16(25-8-24-15)27-14-12(18)6-10(7-23-14)17(19,20)21/h2-8H,22H2,1H3,(H2,23,24,25,26,27). The summed E-state index contributed by atoms with van der Waals surface area (Å²) in [6, 6.07) is 8.34. The van der Waals surface area contributed by atoms with E-state index in [1.807, 2.05) is 31.2 Å². The van der Waals surface area contributed by atoms with Crippen LogP contribution in [0, 0.1) is 6.92 Å². The van der Waals surface area contributed by atoms with E-state index in [9.17, 15) is 13.2 Å². The van der Waals surface area contributed by atoms with Gasteiger partial charge in [-0.25, -0.2) is 15.0 Å². The van der Waals surface area contributed by atoms with Gasteiger partial charge in [0.1, 0.15) is 17.8 Å². The van der Waals surface area contributed by atoms with Gasteiger partial charge in [-0.1, -0.05) is 29.3 Å². The van der Waals surface area contributed by atoms with Crippen molar-refractivity contribution in [1.29, 1.82) is 0 Å². The smallest absolute Gasteiger partial charge is 0.393 e. The second kappa shape index (κ2) is 7.28. The van der Waals surface area contributed by atoms with Crippen molar-refractivity contribution in [2.75, 3.05) is 16.4 Å². The van der Waals surface area contributed by atoms with Crippen LogP contribution in [0.3, 0.4) is 0 Å². The lowest BCUT2D eigenvalue weighted by Gasteiger charge is -2.14. The molecule has 2 heterocycles. The summed E-state index contributed by atoms with van der Waals surface area (Å²) in [6.07, 6.45) is -2.60. The van der Waals surface area contributed by atoms with E-state index >= 15 is 0 Å². The highest BCUT2D eigenvalue weighted by Gasteiger charge is 2.31. The third-order valence-electron chi connectivity index (χ3n) is 3.60. The Kier molecular flexibility index (Phi) is 5.04. The molecule has 27 heavy (non-hydrogen) atoms. The molecule has 0 fully saturated rings. The van der Waals surface area contributed by atoms with Gasteiger partial charge in [-0.2, -0.15) is 13.2 Å². The lowest BCUT2D eigenvalue weighted by molar-refractivity contribution is -0.137. The third kappa shape index (κ3) is 4.37. The first-order valence-corrected chi connectivity index (χ1v) is 8.06. The molecule has 0 amide bonds. The molecule has 0 aliphatic rings. The van der Waals surface area contributed by atoms with Crippen LogP contribution in [0.15, 0.2) is 42.9 Å². The lowest BCUT2D eigenvalue weighted by Crippen LogP contribution is -2.08. The Balaban J connectivity index is 1.85. The second-order valence-corrected chi connectivity index (χ2v) is 6.06. The Hall–Kier alpha value is -3.07. The Morgan fingerprint density at radius 2 is 1.59 bits per heavy atom. The Bertz CT molecular complexity index is 960. The van der Waals surface area contributed by atoms with Gasteiger partial charge in [0.25, 0.3) is 0 Å². The van der Waals surface area contributed by atoms with Crippen molar-refractivity contribution in [2.24, 2.45) is 0 Å². The minimum Gasteiger partial charge on any atom is -0.393 e. The highest BCUT2D eigenvalue weighted by Crippen LogP contribution is 2.34. The highest BCUT2D eigenvalue weighted by atomic mass is 35.5. The number of rotatable bonds is 4. The van der Waals surface area contributed by atoms with E-state index in [0.29, 0.717) is 12.0 Å². The van der Waals surface area contributed by atoms with E-state index in [1.165, 1.54) is 6.33 Å². The summed E-state index contributed by atoms with van der Waals surface area (Å²) in [5, 5.41) is 5.57. The van der Waals surface area contributed by atoms with Crippen molar-refractivity contribution in [3.8, 4) is 0 Å². The van der Waals surface area contributed by atoms with Crippen molar-refractivity contribution in [1.82, 2.24) is 15.0 Å². The molecule has 3 aromatic rings. The molecule has 0 aliphatic heterocycles. The van der Waals surface area contributed by atoms with Crippen LogP contribution in [0.4, 0.5) is 42.0 Å². The molecular formula is C17H14ClF3N6. The fourth-order valence-electron chi connectivity index (χ4n) is 2.17. The zero-order valence-electron chi connectivity index (χ0n) is 14.0. The molecule has 6 nitrogen and oxygen atoms in total. The molecule has 0 bridgehead atoms. The number of nitrogens with one attached hydrogen (secondary N) is 2. The number of halogens is 4. The first-order chi connectivity index (χ1) is 12.7. The lowest BCUT2D eigenvalue weighted by atomic mass is 10.2. The van der Waals surface area contributed by atoms with E-state index in [-0.39, 0.29) is 22.3 Å². The number of nitrogens with two attached hydrogens (primary N) is 1. The minimum absolute atomic E-state index is 0.00338. The van der Waals surface area contributed by atoms with Gasteiger partial charge in [-0.3, -0.25) is 0 Å². The van der Waals surface area contributed by atoms with Gasteiger partial charge in [-0.15, -0.1) is 0 Å². The van der Waals surface area contributed by atoms with Crippen LogP contribution in [-0.4, -0.2) is 15.0 Å². The molecular weight excluding hydrogens is 381 g/mol. The predicted octanol–water partition coefficient (Wildman–Crippen LogP) is 4.92. The summed E-state index contributed by atoms with van der Waals surface area (Å²) in [5.74, 6) is 0.490. The predicted molar refractivity (Wildman–Crippen MR) is 98.4 cm³/mol. The maximum Gasteiger partial charge on any atom is 0.417 e. The zero-order valence-corrected chi connectivity index (χ0v) is 14.7. The summed E-state index contributed by atoms with van der Waals surface area (Å²) in [7, 11) is 0. The van der Waals surface area contributed by atoms with Crippen molar-refractivity contribution in [3.63, 3.8) is 0 Å². The summed E-state index contributed by atoms with van der Waals surface area (Å²) in [4.78, 5) is 11.8. The van der Waals surface area contributed by atoms with Gasteiger partial charge >= 0.3 is 6.18 Å². The molecule has 140 valence electrons. The summed E-state index contributed by atoms with van der Waals surface area (Å²) < 4.78 is 38.1. The van der Waals surface area contributed by atoms with Crippen LogP contribution < -0.4 is 16.4 Å². The average molecular weight is 395 g/mol. The number of hydrogen-bond acceptors (Lipinski definition) is 6. The number of aromatic nitrogens is 3. The quantitative estimate of drug-likeness (QED) is 0.582. The molecule has 10 heteroatoms. The largest absolute Gasteiger partial charge is 0.417 e. The first kappa shape index (κ1) is 18.7. The Morgan fingerprint density at radius 3 is 2.19 bits per heavy atom. The minimum atomic E-state index is -4.53. The normalized spacial score (nSPS) is 11.3. The van der Waals surface area contributed by atoms with Crippen molar-refractivity contribution < 1.29 is 13.2 Å². The fourth-order valence-corrected chi connectivity index (χ4v) is 2.38. The molecule has 0 saturated heterocycles.